The van der Waals surface area contributed by atoms with Crippen LogP contribution < -0.4 is 0 Å². The van der Waals surface area contributed by atoms with Gasteiger partial charge in [-0.3, -0.25) is 0 Å². The molecule has 0 saturated heterocycles. The van der Waals surface area contributed by atoms with Gasteiger partial charge < -0.3 is 13.9 Å². The molecule has 0 saturated carbocycles. The molecule has 6 nitrogen and oxygen atoms in total. The average Bonchev–Trinajstić information content (AvgIpc) is 2.93. The molecule has 2 aromatic heterocycles. The second kappa shape index (κ2) is 9.11. The third-order valence-corrected chi connectivity index (χ3v) is 4.49. The van der Waals surface area contributed by atoms with E-state index in [1.54, 1.807) is 30.5 Å². The quantitative estimate of drug-likeness (QED) is 0.319. The van der Waals surface area contributed by atoms with Crippen molar-refractivity contribution in [3.05, 3.63) is 41.2 Å². The zero-order chi connectivity index (χ0) is 19.1. The van der Waals surface area contributed by atoms with Crippen LogP contribution in [0.15, 0.2) is 34.9 Å². The standard InChI is InChI=1S/C19H20N2O4S/c1-4-24-18(22)13(12-20)11-14-15-9-7-8-10-21(15)16(17(14)26-6-3)19(23)25-5-2/h7-11H,4-6H2,1-3H3/b13-11+. The van der Waals surface area contributed by atoms with Crippen LogP contribution in [0.3, 0.4) is 0 Å². The van der Waals surface area contributed by atoms with Crippen LogP contribution in [0, 0.1) is 11.3 Å². The summed E-state index contributed by atoms with van der Waals surface area (Å²) in [6.07, 6.45) is 3.24. The summed E-state index contributed by atoms with van der Waals surface area (Å²) >= 11 is 1.46. The van der Waals surface area contributed by atoms with Gasteiger partial charge in [0, 0.05) is 16.7 Å². The molecule has 0 aliphatic heterocycles. The van der Waals surface area contributed by atoms with Crippen molar-refractivity contribution in [3.8, 4) is 6.07 Å². The van der Waals surface area contributed by atoms with Gasteiger partial charge in [-0.15, -0.1) is 11.8 Å². The molecule has 0 spiro atoms. The number of esters is 2. The fraction of sp³-hybridized carbons (Fsp3) is 0.316. The fourth-order valence-electron chi connectivity index (χ4n) is 2.52. The molecule has 0 unspecified atom stereocenters. The van der Waals surface area contributed by atoms with E-state index >= 15 is 0 Å². The lowest BCUT2D eigenvalue weighted by Crippen LogP contribution is -2.09. The van der Waals surface area contributed by atoms with Crippen molar-refractivity contribution in [1.29, 1.82) is 5.26 Å². The molecule has 26 heavy (non-hydrogen) atoms. The normalized spacial score (nSPS) is 11.2. The van der Waals surface area contributed by atoms with Gasteiger partial charge in [0.25, 0.3) is 0 Å². The number of aromatic nitrogens is 1. The summed E-state index contributed by atoms with van der Waals surface area (Å²) in [4.78, 5) is 25.2. The lowest BCUT2D eigenvalue weighted by Gasteiger charge is -2.05. The first-order valence-electron chi connectivity index (χ1n) is 8.30. The summed E-state index contributed by atoms with van der Waals surface area (Å²) in [5, 5.41) is 9.35. The Labute approximate surface area is 156 Å². The van der Waals surface area contributed by atoms with Crippen LogP contribution in [0.4, 0.5) is 0 Å². The van der Waals surface area contributed by atoms with Gasteiger partial charge in [0.15, 0.2) is 0 Å². The van der Waals surface area contributed by atoms with Crippen molar-refractivity contribution in [2.75, 3.05) is 19.0 Å². The summed E-state index contributed by atoms with van der Waals surface area (Å²) in [5.74, 6) is -0.417. The second-order valence-electron chi connectivity index (χ2n) is 5.09. The van der Waals surface area contributed by atoms with E-state index in [1.807, 2.05) is 25.1 Å². The average molecular weight is 372 g/mol. The maximum atomic E-state index is 12.5. The van der Waals surface area contributed by atoms with Crippen LogP contribution >= 0.6 is 11.8 Å². The molecule has 0 atom stereocenters. The lowest BCUT2D eigenvalue weighted by molar-refractivity contribution is -0.137. The van der Waals surface area contributed by atoms with Crippen molar-refractivity contribution in [2.24, 2.45) is 0 Å². The third-order valence-electron chi connectivity index (χ3n) is 3.50. The predicted octanol–water partition coefficient (Wildman–Crippen LogP) is 3.70. The van der Waals surface area contributed by atoms with Gasteiger partial charge in [0.1, 0.15) is 17.3 Å². The number of thioether (sulfide) groups is 1. The van der Waals surface area contributed by atoms with Gasteiger partial charge in [-0.25, -0.2) is 9.59 Å². The molecule has 2 aromatic rings. The Hall–Kier alpha value is -2.72. The minimum atomic E-state index is -0.685. The molecule has 0 amide bonds. The van der Waals surface area contributed by atoms with Crippen LogP contribution in [0.25, 0.3) is 11.6 Å². The Morgan fingerprint density at radius 1 is 1.23 bits per heavy atom. The Balaban J connectivity index is 2.76. The van der Waals surface area contributed by atoms with Crippen molar-refractivity contribution in [2.45, 2.75) is 25.7 Å². The topological polar surface area (TPSA) is 80.8 Å². The largest absolute Gasteiger partial charge is 0.462 e. The van der Waals surface area contributed by atoms with Gasteiger partial charge in [0.05, 0.1) is 18.7 Å². The molecule has 2 heterocycles. The molecular weight excluding hydrogens is 352 g/mol. The highest BCUT2D eigenvalue weighted by molar-refractivity contribution is 7.99. The monoisotopic (exact) mass is 372 g/mol. The Bertz CT molecular complexity index is 893. The van der Waals surface area contributed by atoms with E-state index in [4.69, 9.17) is 9.47 Å². The fourth-order valence-corrected chi connectivity index (χ4v) is 3.45. The van der Waals surface area contributed by atoms with Gasteiger partial charge in [-0.1, -0.05) is 13.0 Å². The van der Waals surface area contributed by atoms with Crippen LogP contribution in [0.1, 0.15) is 36.8 Å². The van der Waals surface area contributed by atoms with Gasteiger partial charge >= 0.3 is 11.9 Å². The zero-order valence-corrected chi connectivity index (χ0v) is 15.8. The van der Waals surface area contributed by atoms with E-state index in [9.17, 15) is 14.9 Å². The molecular formula is C19H20N2O4S. The lowest BCUT2D eigenvalue weighted by atomic mass is 10.1. The second-order valence-corrected chi connectivity index (χ2v) is 6.37. The van der Waals surface area contributed by atoms with E-state index in [0.717, 1.165) is 0 Å². The number of nitrogens with zero attached hydrogens (tertiary/aromatic N) is 2. The molecule has 0 N–H and O–H groups in total. The van der Waals surface area contributed by atoms with Crippen LogP contribution in [-0.2, 0) is 14.3 Å². The summed E-state index contributed by atoms with van der Waals surface area (Å²) in [6, 6.07) is 7.35. The summed E-state index contributed by atoms with van der Waals surface area (Å²) in [5.41, 5.74) is 1.62. The van der Waals surface area contributed by atoms with Crippen molar-refractivity contribution >= 4 is 35.3 Å². The van der Waals surface area contributed by atoms with Gasteiger partial charge in [-0.05, 0) is 37.8 Å². The molecule has 2 rings (SSSR count). The first-order valence-corrected chi connectivity index (χ1v) is 9.29. The first kappa shape index (κ1) is 19.6. The maximum Gasteiger partial charge on any atom is 0.356 e. The number of hydrogen-bond acceptors (Lipinski definition) is 6. The van der Waals surface area contributed by atoms with Gasteiger partial charge in [0.2, 0.25) is 0 Å². The first-order chi connectivity index (χ1) is 12.6. The van der Waals surface area contributed by atoms with E-state index < -0.39 is 11.9 Å². The van der Waals surface area contributed by atoms with Crippen molar-refractivity contribution in [3.63, 3.8) is 0 Å². The molecule has 0 aliphatic carbocycles. The van der Waals surface area contributed by atoms with E-state index in [-0.39, 0.29) is 18.8 Å². The molecule has 0 radical (unpaired) electrons. The summed E-state index contributed by atoms with van der Waals surface area (Å²) in [7, 11) is 0. The number of rotatable bonds is 7. The maximum absolute atomic E-state index is 12.5. The minimum Gasteiger partial charge on any atom is -0.462 e. The minimum absolute atomic E-state index is 0.114. The summed E-state index contributed by atoms with van der Waals surface area (Å²) < 4.78 is 11.9. The number of carbonyl (C=O) groups excluding carboxylic acids is 2. The molecule has 0 aromatic carbocycles. The Kier molecular flexibility index (Phi) is 6.87. The van der Waals surface area contributed by atoms with E-state index in [1.165, 1.54) is 17.8 Å². The van der Waals surface area contributed by atoms with Crippen molar-refractivity contribution < 1.29 is 19.1 Å². The highest BCUT2D eigenvalue weighted by atomic mass is 32.2. The zero-order valence-electron chi connectivity index (χ0n) is 14.9. The van der Waals surface area contributed by atoms with Crippen LogP contribution in [-0.4, -0.2) is 35.3 Å². The van der Waals surface area contributed by atoms with Crippen molar-refractivity contribution in [1.82, 2.24) is 4.40 Å². The number of carbonyl (C=O) groups is 2. The van der Waals surface area contributed by atoms with E-state index in [2.05, 4.69) is 0 Å². The number of hydrogen-bond donors (Lipinski definition) is 0. The molecule has 0 aliphatic rings. The summed E-state index contributed by atoms with van der Waals surface area (Å²) in [6.45, 7) is 5.82. The van der Waals surface area contributed by atoms with E-state index in [0.29, 0.717) is 27.4 Å². The molecule has 0 bridgehead atoms. The SMILES string of the molecule is CCOC(=O)/C(C#N)=C/c1c(SCC)c(C(=O)OCC)n2ccccc12. The number of nitriles is 1. The molecule has 7 heteroatoms. The smallest absolute Gasteiger partial charge is 0.356 e. The Morgan fingerprint density at radius 2 is 1.96 bits per heavy atom. The van der Waals surface area contributed by atoms with Gasteiger partial charge in [-0.2, -0.15) is 5.26 Å². The highest BCUT2D eigenvalue weighted by Gasteiger charge is 2.24. The number of ether oxygens (including phenoxy) is 2. The molecule has 136 valence electrons. The number of fused-ring (bicyclic) bond motifs is 1. The highest BCUT2D eigenvalue weighted by Crippen LogP contribution is 2.35. The number of pyridine rings is 1. The molecule has 0 fully saturated rings. The predicted molar refractivity (Wildman–Crippen MR) is 100.0 cm³/mol. The van der Waals surface area contributed by atoms with Crippen LogP contribution in [0.5, 0.6) is 0 Å². The van der Waals surface area contributed by atoms with Crippen LogP contribution in [0.2, 0.25) is 0 Å². The Morgan fingerprint density at radius 3 is 2.58 bits per heavy atom. The third kappa shape index (κ3) is 3.92.